The van der Waals surface area contributed by atoms with E-state index in [1.807, 2.05) is 60.7 Å². The predicted molar refractivity (Wildman–Crippen MR) is 123 cm³/mol. The summed E-state index contributed by atoms with van der Waals surface area (Å²) in [5.74, 6) is -0.372. The predicted octanol–water partition coefficient (Wildman–Crippen LogP) is 1.81. The monoisotopic (exact) mass is 434 g/mol. The third-order valence-electron chi connectivity index (χ3n) is 6.53. The van der Waals surface area contributed by atoms with Crippen molar-refractivity contribution >= 4 is 23.4 Å². The maximum Gasteiger partial charge on any atom is 0.249 e. The number of fused-ring (bicyclic) bond motifs is 1. The van der Waals surface area contributed by atoms with Crippen LogP contribution < -0.4 is 10.6 Å². The summed E-state index contributed by atoms with van der Waals surface area (Å²) < 4.78 is 0. The van der Waals surface area contributed by atoms with E-state index in [-0.39, 0.29) is 30.3 Å². The van der Waals surface area contributed by atoms with Crippen LogP contribution in [-0.4, -0.2) is 65.8 Å². The van der Waals surface area contributed by atoms with Crippen LogP contribution >= 0.6 is 0 Å². The van der Waals surface area contributed by atoms with Crippen molar-refractivity contribution in [2.75, 3.05) is 25.0 Å². The van der Waals surface area contributed by atoms with Gasteiger partial charge in [0.1, 0.15) is 12.1 Å². The normalized spacial score (nSPS) is 23.3. The van der Waals surface area contributed by atoms with Gasteiger partial charge in [0.25, 0.3) is 0 Å². The highest BCUT2D eigenvalue weighted by molar-refractivity contribution is 6.00. The second-order valence-electron chi connectivity index (χ2n) is 8.62. The molecule has 0 radical (unpaired) electrons. The van der Waals surface area contributed by atoms with E-state index in [4.69, 9.17) is 5.73 Å². The van der Waals surface area contributed by atoms with Gasteiger partial charge in [0.2, 0.25) is 17.7 Å². The maximum absolute atomic E-state index is 13.3. The van der Waals surface area contributed by atoms with Crippen molar-refractivity contribution in [1.82, 2.24) is 9.80 Å². The lowest BCUT2D eigenvalue weighted by atomic mass is 10.1. The first kappa shape index (κ1) is 22.0. The lowest BCUT2D eigenvalue weighted by Gasteiger charge is -2.38. The van der Waals surface area contributed by atoms with Crippen molar-refractivity contribution in [3.05, 3.63) is 66.2 Å². The lowest BCUT2D eigenvalue weighted by molar-refractivity contribution is -0.143. The number of nitrogens with zero attached hydrogens (tertiary/aromatic N) is 3. The summed E-state index contributed by atoms with van der Waals surface area (Å²) in [4.78, 5) is 44.4. The number of amides is 3. The second kappa shape index (κ2) is 9.53. The van der Waals surface area contributed by atoms with Gasteiger partial charge in [0.15, 0.2) is 0 Å². The number of hydrogen-bond donors (Lipinski definition) is 1. The highest BCUT2D eigenvalue weighted by Crippen LogP contribution is 2.31. The minimum Gasteiger partial charge on any atom is -0.340 e. The number of rotatable bonds is 4. The summed E-state index contributed by atoms with van der Waals surface area (Å²) in [5, 5.41) is 0. The molecule has 2 aliphatic rings. The summed E-state index contributed by atoms with van der Waals surface area (Å²) in [6.45, 7) is 0.701. The summed E-state index contributed by atoms with van der Waals surface area (Å²) in [6, 6.07) is 17.6. The van der Waals surface area contributed by atoms with E-state index in [1.165, 1.54) is 0 Å². The molecule has 2 aromatic rings. The van der Waals surface area contributed by atoms with Gasteiger partial charge in [-0.05, 0) is 37.0 Å². The molecule has 2 aromatic carbocycles. The van der Waals surface area contributed by atoms with Crippen LogP contribution in [0.2, 0.25) is 0 Å². The van der Waals surface area contributed by atoms with Crippen LogP contribution in [0.4, 0.5) is 5.69 Å². The number of carbonyl (C=O) groups is 3. The van der Waals surface area contributed by atoms with Crippen LogP contribution in [0.1, 0.15) is 24.8 Å². The highest BCUT2D eigenvalue weighted by atomic mass is 16.2. The van der Waals surface area contributed by atoms with Gasteiger partial charge in [0, 0.05) is 31.9 Å². The first-order valence-corrected chi connectivity index (χ1v) is 11.2. The molecule has 2 aliphatic heterocycles. The highest BCUT2D eigenvalue weighted by Gasteiger charge is 2.45. The smallest absolute Gasteiger partial charge is 0.249 e. The number of anilines is 1. The molecule has 0 bridgehead atoms. The Morgan fingerprint density at radius 3 is 2.34 bits per heavy atom. The molecule has 0 aromatic heterocycles. The molecule has 2 saturated heterocycles. The van der Waals surface area contributed by atoms with Crippen molar-refractivity contribution < 1.29 is 14.4 Å². The Labute approximate surface area is 188 Å². The van der Waals surface area contributed by atoms with E-state index in [0.717, 1.165) is 17.7 Å². The van der Waals surface area contributed by atoms with Crippen LogP contribution in [0.3, 0.4) is 0 Å². The second-order valence-corrected chi connectivity index (χ2v) is 8.62. The number of para-hydroxylation sites is 1. The molecule has 7 heteroatoms. The maximum atomic E-state index is 13.3. The molecule has 2 fully saturated rings. The average Bonchev–Trinajstić information content (AvgIpc) is 3.23. The zero-order valence-corrected chi connectivity index (χ0v) is 18.4. The molecule has 2 N–H and O–H groups in total. The minimum absolute atomic E-state index is 0.0256. The number of likely N-dealkylation sites (N-methyl/N-ethyl adjacent to an activating group) is 1. The Kier molecular flexibility index (Phi) is 6.55. The fourth-order valence-electron chi connectivity index (χ4n) is 4.76. The Bertz CT molecular complexity index is 966. The van der Waals surface area contributed by atoms with Crippen molar-refractivity contribution in [3.8, 4) is 0 Å². The Morgan fingerprint density at radius 2 is 1.66 bits per heavy atom. The molecule has 3 amide bonds. The first-order valence-electron chi connectivity index (χ1n) is 11.2. The number of benzene rings is 2. The molecule has 0 unspecified atom stereocenters. The summed E-state index contributed by atoms with van der Waals surface area (Å²) >= 11 is 0. The van der Waals surface area contributed by atoms with Crippen LogP contribution in [0.5, 0.6) is 0 Å². The van der Waals surface area contributed by atoms with E-state index in [9.17, 15) is 14.4 Å². The van der Waals surface area contributed by atoms with Crippen molar-refractivity contribution in [1.29, 1.82) is 0 Å². The molecule has 2 heterocycles. The molecular weight excluding hydrogens is 404 g/mol. The summed E-state index contributed by atoms with van der Waals surface area (Å²) in [5.41, 5.74) is 8.00. The number of hydrogen-bond acceptors (Lipinski definition) is 4. The van der Waals surface area contributed by atoms with Gasteiger partial charge >= 0.3 is 0 Å². The SMILES string of the molecule is CN(C(=O)[C@@H]1CC[C@@H]2CCN(C(=O)Cc3ccccc3)C[C@H](N)C(=O)N21)c1ccccc1. The van der Waals surface area contributed by atoms with Gasteiger partial charge in [0.05, 0.1) is 6.42 Å². The zero-order valence-electron chi connectivity index (χ0n) is 18.4. The van der Waals surface area contributed by atoms with E-state index in [0.29, 0.717) is 25.8 Å². The van der Waals surface area contributed by atoms with Crippen molar-refractivity contribution in [2.24, 2.45) is 5.73 Å². The van der Waals surface area contributed by atoms with Crippen molar-refractivity contribution in [2.45, 2.75) is 43.8 Å². The quantitative estimate of drug-likeness (QED) is 0.795. The van der Waals surface area contributed by atoms with Gasteiger partial charge in [-0.25, -0.2) is 0 Å². The number of carbonyl (C=O) groups excluding carboxylic acids is 3. The molecule has 7 nitrogen and oxygen atoms in total. The van der Waals surface area contributed by atoms with Crippen LogP contribution in [0.15, 0.2) is 60.7 Å². The number of nitrogens with two attached hydrogens (primary N) is 1. The van der Waals surface area contributed by atoms with Crippen LogP contribution in [-0.2, 0) is 20.8 Å². The van der Waals surface area contributed by atoms with Gasteiger partial charge in [-0.2, -0.15) is 0 Å². The summed E-state index contributed by atoms with van der Waals surface area (Å²) in [7, 11) is 1.74. The molecular formula is C25H30N4O3. The molecule has 32 heavy (non-hydrogen) atoms. The molecule has 0 aliphatic carbocycles. The van der Waals surface area contributed by atoms with Crippen LogP contribution in [0.25, 0.3) is 0 Å². The van der Waals surface area contributed by atoms with Crippen LogP contribution in [0, 0.1) is 0 Å². The van der Waals surface area contributed by atoms with Gasteiger partial charge in [-0.15, -0.1) is 0 Å². The lowest BCUT2D eigenvalue weighted by Crippen LogP contribution is -2.59. The Balaban J connectivity index is 1.46. The van der Waals surface area contributed by atoms with Gasteiger partial charge in [-0.1, -0.05) is 48.5 Å². The van der Waals surface area contributed by atoms with Crippen molar-refractivity contribution in [3.63, 3.8) is 0 Å². The Morgan fingerprint density at radius 1 is 1.00 bits per heavy atom. The van der Waals surface area contributed by atoms with E-state index < -0.39 is 12.1 Å². The van der Waals surface area contributed by atoms with Gasteiger partial charge < -0.3 is 20.4 Å². The van der Waals surface area contributed by atoms with E-state index in [1.54, 1.807) is 21.7 Å². The van der Waals surface area contributed by atoms with E-state index in [2.05, 4.69) is 0 Å². The largest absolute Gasteiger partial charge is 0.340 e. The molecule has 0 saturated carbocycles. The van der Waals surface area contributed by atoms with E-state index >= 15 is 0 Å². The average molecular weight is 435 g/mol. The third-order valence-corrected chi connectivity index (χ3v) is 6.53. The minimum atomic E-state index is -0.840. The molecule has 168 valence electrons. The fourth-order valence-corrected chi connectivity index (χ4v) is 4.76. The molecule has 4 rings (SSSR count). The molecule has 3 atom stereocenters. The fraction of sp³-hybridized carbons (Fsp3) is 0.400. The first-order chi connectivity index (χ1) is 15.5. The molecule has 0 spiro atoms. The topological polar surface area (TPSA) is 87.0 Å². The standard InChI is InChI=1S/C25H30N4O3/c1-27(19-10-6-3-7-11-19)25(32)22-13-12-20-14-15-28(17-21(26)24(31)29(20)22)23(30)16-18-8-4-2-5-9-18/h2-11,20-22H,12-17,26H2,1H3/t20-,21+,22+/m1/s1. The Hall–Kier alpha value is -3.19. The summed E-state index contributed by atoms with van der Waals surface area (Å²) in [6.07, 6.45) is 2.28. The van der Waals surface area contributed by atoms with Gasteiger partial charge in [-0.3, -0.25) is 14.4 Å². The third kappa shape index (κ3) is 4.53. The zero-order chi connectivity index (χ0) is 22.7.